The summed E-state index contributed by atoms with van der Waals surface area (Å²) in [5.74, 6) is -0.899. The van der Waals surface area contributed by atoms with E-state index in [1.54, 1.807) is 4.90 Å². The van der Waals surface area contributed by atoms with Crippen LogP contribution in [0.3, 0.4) is 0 Å². The molecule has 17 heavy (non-hydrogen) atoms. The maximum Gasteiger partial charge on any atom is 0.332 e. The highest BCUT2D eigenvalue weighted by Gasteiger charge is 2.16. The molecule has 0 aromatic carbocycles. The highest BCUT2D eigenvalue weighted by molar-refractivity contribution is 5.76. The molecule has 1 aliphatic heterocycles. The summed E-state index contributed by atoms with van der Waals surface area (Å²) >= 11 is 0. The summed E-state index contributed by atoms with van der Waals surface area (Å²) in [4.78, 5) is 23.9. The molecule has 1 atom stereocenters. The average molecular weight is 245 g/mol. The first-order chi connectivity index (χ1) is 8.11. The Bertz CT molecular complexity index is 263. The molecule has 1 amide bonds. The summed E-state index contributed by atoms with van der Waals surface area (Å²) < 4.78 is 10.2. The summed E-state index contributed by atoms with van der Waals surface area (Å²) in [5, 5.41) is 8.58. The number of hydrogen-bond acceptors (Lipinski definition) is 4. The van der Waals surface area contributed by atoms with Crippen molar-refractivity contribution in [3.05, 3.63) is 0 Å². The normalized spacial score (nSPS) is 17.8. The molecule has 1 N–H and O–H groups in total. The van der Waals surface area contributed by atoms with Gasteiger partial charge in [0.15, 0.2) is 6.10 Å². The second kappa shape index (κ2) is 7.24. The van der Waals surface area contributed by atoms with Crippen LogP contribution in [0.15, 0.2) is 0 Å². The number of hydrogen-bond donors (Lipinski definition) is 1. The van der Waals surface area contributed by atoms with Crippen molar-refractivity contribution >= 4 is 11.9 Å². The molecule has 0 aromatic rings. The lowest BCUT2D eigenvalue weighted by molar-refractivity contribution is -0.149. The fraction of sp³-hybridized carbons (Fsp3) is 0.818. The van der Waals surface area contributed by atoms with Crippen molar-refractivity contribution in [3.63, 3.8) is 0 Å². The molecule has 1 aliphatic rings. The van der Waals surface area contributed by atoms with Crippen molar-refractivity contribution in [3.8, 4) is 0 Å². The first-order valence-corrected chi connectivity index (χ1v) is 5.81. The smallest absolute Gasteiger partial charge is 0.332 e. The molecule has 0 saturated carbocycles. The molecule has 0 aromatic heterocycles. The lowest BCUT2D eigenvalue weighted by atomic mass is 10.2. The van der Waals surface area contributed by atoms with E-state index >= 15 is 0 Å². The van der Waals surface area contributed by atoms with E-state index in [1.807, 2.05) is 0 Å². The Morgan fingerprint density at radius 3 is 2.65 bits per heavy atom. The van der Waals surface area contributed by atoms with Crippen molar-refractivity contribution in [1.82, 2.24) is 4.90 Å². The molecule has 0 aliphatic carbocycles. The van der Waals surface area contributed by atoms with E-state index in [-0.39, 0.29) is 5.91 Å². The minimum absolute atomic E-state index is 0.0832. The fourth-order valence-electron chi connectivity index (χ4n) is 1.53. The SMILES string of the molecule is CC(OCCCC(=O)N1CCOCC1)C(=O)O. The van der Waals surface area contributed by atoms with Gasteiger partial charge in [-0.2, -0.15) is 0 Å². The molecule has 1 rings (SSSR count). The highest BCUT2D eigenvalue weighted by Crippen LogP contribution is 2.03. The maximum absolute atomic E-state index is 11.7. The number of amides is 1. The number of carbonyl (C=O) groups is 2. The van der Waals surface area contributed by atoms with Crippen LogP contribution in [-0.2, 0) is 19.1 Å². The maximum atomic E-state index is 11.7. The zero-order valence-corrected chi connectivity index (χ0v) is 10.1. The minimum atomic E-state index is -0.982. The Morgan fingerprint density at radius 2 is 2.06 bits per heavy atom. The van der Waals surface area contributed by atoms with Gasteiger partial charge in [-0.25, -0.2) is 4.79 Å². The van der Waals surface area contributed by atoms with Crippen LogP contribution in [0.4, 0.5) is 0 Å². The highest BCUT2D eigenvalue weighted by atomic mass is 16.5. The molecule has 6 nitrogen and oxygen atoms in total. The second-order valence-corrected chi connectivity index (χ2v) is 3.95. The molecule has 0 radical (unpaired) electrons. The van der Waals surface area contributed by atoms with Gasteiger partial charge < -0.3 is 19.5 Å². The largest absolute Gasteiger partial charge is 0.479 e. The zero-order valence-electron chi connectivity index (χ0n) is 10.1. The van der Waals surface area contributed by atoms with Crippen LogP contribution in [0.25, 0.3) is 0 Å². The number of nitrogens with zero attached hydrogens (tertiary/aromatic N) is 1. The van der Waals surface area contributed by atoms with E-state index < -0.39 is 12.1 Å². The molecule has 1 heterocycles. The summed E-state index contributed by atoms with van der Waals surface area (Å²) in [5.41, 5.74) is 0. The Balaban J connectivity index is 2.09. The first-order valence-electron chi connectivity index (χ1n) is 5.81. The number of carboxylic acids is 1. The predicted molar refractivity (Wildman–Crippen MR) is 59.7 cm³/mol. The van der Waals surface area contributed by atoms with Crippen molar-refractivity contribution in [2.45, 2.75) is 25.9 Å². The Labute approximate surface area is 100 Å². The third kappa shape index (κ3) is 5.14. The quantitative estimate of drug-likeness (QED) is 0.672. The van der Waals surface area contributed by atoms with Crippen LogP contribution in [0.5, 0.6) is 0 Å². The summed E-state index contributed by atoms with van der Waals surface area (Å²) in [6, 6.07) is 0. The predicted octanol–water partition coefficient (Wildman–Crippen LogP) is 0.115. The van der Waals surface area contributed by atoms with Crippen molar-refractivity contribution in [2.75, 3.05) is 32.9 Å². The third-order valence-corrected chi connectivity index (χ3v) is 2.61. The molecule has 98 valence electrons. The molecule has 1 saturated heterocycles. The van der Waals surface area contributed by atoms with E-state index in [2.05, 4.69) is 0 Å². The van der Waals surface area contributed by atoms with E-state index in [4.69, 9.17) is 14.6 Å². The van der Waals surface area contributed by atoms with Gasteiger partial charge in [0.1, 0.15) is 0 Å². The average Bonchev–Trinajstić information content (AvgIpc) is 2.35. The van der Waals surface area contributed by atoms with Crippen LogP contribution >= 0.6 is 0 Å². The van der Waals surface area contributed by atoms with Gasteiger partial charge in [-0.15, -0.1) is 0 Å². The van der Waals surface area contributed by atoms with Gasteiger partial charge in [0.05, 0.1) is 13.2 Å². The zero-order chi connectivity index (χ0) is 12.7. The second-order valence-electron chi connectivity index (χ2n) is 3.95. The third-order valence-electron chi connectivity index (χ3n) is 2.61. The van der Waals surface area contributed by atoms with Crippen molar-refractivity contribution < 1.29 is 24.2 Å². The van der Waals surface area contributed by atoms with Gasteiger partial charge in [0, 0.05) is 26.1 Å². The topological polar surface area (TPSA) is 76.1 Å². The van der Waals surface area contributed by atoms with Crippen LogP contribution in [-0.4, -0.2) is 60.9 Å². The summed E-state index contributed by atoms with van der Waals surface area (Å²) in [6.45, 7) is 4.25. The van der Waals surface area contributed by atoms with Crippen LogP contribution < -0.4 is 0 Å². The molecular weight excluding hydrogens is 226 g/mol. The Hall–Kier alpha value is -1.14. The van der Waals surface area contributed by atoms with Gasteiger partial charge in [-0.1, -0.05) is 0 Å². The number of rotatable bonds is 6. The number of ether oxygens (including phenoxy) is 2. The summed E-state index contributed by atoms with van der Waals surface area (Å²) in [6.07, 6.45) is 0.133. The monoisotopic (exact) mass is 245 g/mol. The molecule has 1 unspecified atom stereocenters. The van der Waals surface area contributed by atoms with Crippen LogP contribution in [0, 0.1) is 0 Å². The number of carboxylic acid groups (broad SMARTS) is 1. The van der Waals surface area contributed by atoms with E-state index in [0.717, 1.165) is 0 Å². The van der Waals surface area contributed by atoms with Crippen molar-refractivity contribution in [2.24, 2.45) is 0 Å². The van der Waals surface area contributed by atoms with Crippen molar-refractivity contribution in [1.29, 1.82) is 0 Å². The fourth-order valence-corrected chi connectivity index (χ4v) is 1.53. The van der Waals surface area contributed by atoms with Crippen LogP contribution in [0.1, 0.15) is 19.8 Å². The molecular formula is C11H19NO5. The lowest BCUT2D eigenvalue weighted by Crippen LogP contribution is -2.40. The molecule has 1 fully saturated rings. The lowest BCUT2D eigenvalue weighted by Gasteiger charge is -2.26. The van der Waals surface area contributed by atoms with Gasteiger partial charge in [-0.3, -0.25) is 4.79 Å². The van der Waals surface area contributed by atoms with E-state index in [1.165, 1.54) is 6.92 Å². The van der Waals surface area contributed by atoms with Gasteiger partial charge >= 0.3 is 5.97 Å². The number of morpholine rings is 1. The molecule has 0 spiro atoms. The molecule has 0 bridgehead atoms. The van der Waals surface area contributed by atoms with Gasteiger partial charge in [0.25, 0.3) is 0 Å². The Kier molecular flexibility index (Phi) is 5.93. The van der Waals surface area contributed by atoms with Gasteiger partial charge in [0.2, 0.25) is 5.91 Å². The number of aliphatic carboxylic acids is 1. The van der Waals surface area contributed by atoms with Crippen LogP contribution in [0.2, 0.25) is 0 Å². The van der Waals surface area contributed by atoms with Gasteiger partial charge in [-0.05, 0) is 13.3 Å². The number of carbonyl (C=O) groups excluding carboxylic acids is 1. The first kappa shape index (κ1) is 13.9. The Morgan fingerprint density at radius 1 is 1.41 bits per heavy atom. The molecule has 6 heteroatoms. The van der Waals surface area contributed by atoms with E-state index in [0.29, 0.717) is 45.8 Å². The standard InChI is InChI=1S/C11H19NO5/c1-9(11(14)15)17-6-2-3-10(13)12-4-7-16-8-5-12/h9H,2-8H2,1H3,(H,14,15). The minimum Gasteiger partial charge on any atom is -0.479 e. The van der Waals surface area contributed by atoms with E-state index in [9.17, 15) is 9.59 Å². The summed E-state index contributed by atoms with van der Waals surface area (Å²) in [7, 11) is 0.